The first-order valence-corrected chi connectivity index (χ1v) is 14.3. The number of anilines is 1. The summed E-state index contributed by atoms with van der Waals surface area (Å²) in [6.45, 7) is 2.22. The number of benzene rings is 2. The van der Waals surface area contributed by atoms with E-state index in [1.807, 2.05) is 30.3 Å². The van der Waals surface area contributed by atoms with Crippen LogP contribution in [0.25, 0.3) is 0 Å². The van der Waals surface area contributed by atoms with Crippen LogP contribution in [0.5, 0.6) is 5.75 Å². The fourth-order valence-corrected chi connectivity index (χ4v) is 5.47. The smallest absolute Gasteiger partial charge is 0.242 e. The van der Waals surface area contributed by atoms with Crippen LogP contribution in [0.2, 0.25) is 0 Å². The van der Waals surface area contributed by atoms with Crippen molar-refractivity contribution in [2.24, 2.45) is 0 Å². The first-order valence-electron chi connectivity index (χ1n) is 12.4. The minimum absolute atomic E-state index is 0.121. The number of nitrogens with zero attached hydrogens (tertiary/aromatic N) is 2. The molecule has 2 amide bonds. The van der Waals surface area contributed by atoms with Gasteiger partial charge in [-0.2, -0.15) is 0 Å². The van der Waals surface area contributed by atoms with Crippen LogP contribution in [0.1, 0.15) is 51.0 Å². The van der Waals surface area contributed by atoms with Gasteiger partial charge in [-0.25, -0.2) is 8.42 Å². The normalized spacial score (nSPS) is 14.8. The molecule has 2 aromatic rings. The highest BCUT2D eigenvalue weighted by Crippen LogP contribution is 2.23. The van der Waals surface area contributed by atoms with Crippen LogP contribution in [0.4, 0.5) is 5.69 Å². The first kappa shape index (κ1) is 27.5. The molecule has 9 heteroatoms. The number of carbonyl (C=O) groups excluding carboxylic acids is 2. The van der Waals surface area contributed by atoms with Gasteiger partial charge in [-0.15, -0.1) is 0 Å². The summed E-state index contributed by atoms with van der Waals surface area (Å²) in [5.41, 5.74) is 1.44. The molecule has 0 bridgehead atoms. The first-order chi connectivity index (χ1) is 17.2. The van der Waals surface area contributed by atoms with Gasteiger partial charge >= 0.3 is 0 Å². The quantitative estimate of drug-likeness (QED) is 0.465. The maximum Gasteiger partial charge on any atom is 0.242 e. The molecular weight excluding hydrogens is 478 g/mol. The summed E-state index contributed by atoms with van der Waals surface area (Å²) >= 11 is 0. The number of methoxy groups -OCH3 is 1. The number of rotatable bonds is 12. The lowest BCUT2D eigenvalue weighted by Gasteiger charge is -2.30. The van der Waals surface area contributed by atoms with Gasteiger partial charge < -0.3 is 15.0 Å². The zero-order valence-corrected chi connectivity index (χ0v) is 22.2. The van der Waals surface area contributed by atoms with Crippen LogP contribution in [-0.2, 0) is 26.2 Å². The summed E-state index contributed by atoms with van der Waals surface area (Å²) in [5.74, 6) is 0.294. The second-order valence-electron chi connectivity index (χ2n) is 9.31. The number of amides is 2. The number of ether oxygens (including phenoxy) is 1. The maximum atomic E-state index is 13.3. The minimum Gasteiger partial charge on any atom is -0.497 e. The molecule has 36 heavy (non-hydrogen) atoms. The van der Waals surface area contributed by atoms with Crippen LogP contribution in [0.15, 0.2) is 54.6 Å². The van der Waals surface area contributed by atoms with E-state index in [1.54, 1.807) is 43.2 Å². The molecular formula is C27H37N3O5S. The highest BCUT2D eigenvalue weighted by atomic mass is 32.2. The van der Waals surface area contributed by atoms with Crippen molar-refractivity contribution in [3.8, 4) is 5.75 Å². The largest absolute Gasteiger partial charge is 0.497 e. The zero-order valence-electron chi connectivity index (χ0n) is 21.4. The predicted octanol–water partition coefficient (Wildman–Crippen LogP) is 3.72. The van der Waals surface area contributed by atoms with Crippen LogP contribution in [-0.4, -0.2) is 57.1 Å². The lowest BCUT2D eigenvalue weighted by atomic mass is 10.1. The third kappa shape index (κ3) is 7.71. The highest BCUT2D eigenvalue weighted by Gasteiger charge is 2.28. The molecule has 0 spiro atoms. The number of nitrogens with one attached hydrogen (secondary N) is 1. The average Bonchev–Trinajstić information content (AvgIpc) is 3.37. The van der Waals surface area contributed by atoms with Crippen molar-refractivity contribution in [1.82, 2.24) is 10.2 Å². The number of sulfonamides is 1. The summed E-state index contributed by atoms with van der Waals surface area (Å²) in [7, 11) is -2.00. The van der Waals surface area contributed by atoms with E-state index in [0.717, 1.165) is 37.5 Å². The summed E-state index contributed by atoms with van der Waals surface area (Å²) in [5, 5.41) is 3.09. The lowest BCUT2D eigenvalue weighted by Crippen LogP contribution is -2.49. The molecule has 8 nitrogen and oxygen atoms in total. The van der Waals surface area contributed by atoms with E-state index in [0.29, 0.717) is 24.4 Å². The van der Waals surface area contributed by atoms with Gasteiger partial charge in [-0.1, -0.05) is 43.2 Å². The fraction of sp³-hybridized carbons (Fsp3) is 0.481. The van der Waals surface area contributed by atoms with E-state index in [1.165, 1.54) is 4.31 Å². The van der Waals surface area contributed by atoms with E-state index in [9.17, 15) is 18.0 Å². The molecule has 1 N–H and O–H groups in total. The molecule has 196 valence electrons. The molecule has 1 aliphatic rings. The van der Waals surface area contributed by atoms with Crippen LogP contribution >= 0.6 is 0 Å². The van der Waals surface area contributed by atoms with Gasteiger partial charge in [0.15, 0.2) is 0 Å². The van der Waals surface area contributed by atoms with Crippen molar-refractivity contribution >= 4 is 27.5 Å². The topological polar surface area (TPSA) is 96.0 Å². The molecule has 0 unspecified atom stereocenters. The Hall–Kier alpha value is -3.07. The molecule has 1 aliphatic carbocycles. The van der Waals surface area contributed by atoms with Gasteiger partial charge in [0.1, 0.15) is 11.8 Å². The van der Waals surface area contributed by atoms with Crippen LogP contribution in [0, 0.1) is 0 Å². The highest BCUT2D eigenvalue weighted by molar-refractivity contribution is 7.92. The van der Waals surface area contributed by atoms with Crippen LogP contribution in [0.3, 0.4) is 0 Å². The third-order valence-corrected chi connectivity index (χ3v) is 7.77. The average molecular weight is 516 g/mol. The van der Waals surface area contributed by atoms with Gasteiger partial charge in [-0.05, 0) is 56.0 Å². The molecule has 1 saturated carbocycles. The molecule has 0 aromatic heterocycles. The van der Waals surface area contributed by atoms with E-state index < -0.39 is 16.1 Å². The van der Waals surface area contributed by atoms with Gasteiger partial charge in [0.25, 0.3) is 0 Å². The Morgan fingerprint density at radius 1 is 1.06 bits per heavy atom. The van der Waals surface area contributed by atoms with Crippen molar-refractivity contribution in [2.45, 2.75) is 64.1 Å². The molecule has 2 aromatic carbocycles. The van der Waals surface area contributed by atoms with Gasteiger partial charge in [-0.3, -0.25) is 13.9 Å². The third-order valence-electron chi connectivity index (χ3n) is 6.58. The SMILES string of the molecule is COc1ccc(N(CCCC(=O)N(Cc2ccccc2)[C@H](C)C(=O)NC2CCCC2)S(C)(=O)=O)cc1. The summed E-state index contributed by atoms with van der Waals surface area (Å²) in [6.07, 6.45) is 5.75. The molecule has 0 aliphatic heterocycles. The van der Waals surface area contributed by atoms with Gasteiger partial charge in [0, 0.05) is 25.6 Å². The minimum atomic E-state index is -3.54. The van der Waals surface area contributed by atoms with Gasteiger partial charge in [0.2, 0.25) is 21.8 Å². The summed E-state index contributed by atoms with van der Waals surface area (Å²) in [4.78, 5) is 27.9. The molecule has 3 rings (SSSR count). The Bertz CT molecular complexity index is 1100. The standard InChI is InChI=1S/C27H37N3O5S/c1-21(27(32)28-23-12-7-8-13-23)29(20-22-10-5-4-6-11-22)26(31)14-9-19-30(36(3,33)34)24-15-17-25(35-2)18-16-24/h4-6,10-11,15-18,21,23H,7-9,12-14,19-20H2,1-3H3,(H,28,32)/t21-/m1/s1. The number of hydrogen-bond acceptors (Lipinski definition) is 5. The van der Waals surface area contributed by atoms with Crippen LogP contribution < -0.4 is 14.4 Å². The summed E-state index contributed by atoms with van der Waals surface area (Å²) < 4.78 is 31.3. The predicted molar refractivity (Wildman–Crippen MR) is 141 cm³/mol. The van der Waals surface area contributed by atoms with Crippen molar-refractivity contribution in [3.05, 3.63) is 60.2 Å². The summed E-state index contributed by atoms with van der Waals surface area (Å²) in [6, 6.07) is 15.9. The van der Waals surface area contributed by atoms with Crippen molar-refractivity contribution in [1.29, 1.82) is 0 Å². The Kier molecular flexibility index (Phi) is 9.75. The molecule has 0 radical (unpaired) electrons. The Balaban J connectivity index is 1.68. The molecule has 0 heterocycles. The van der Waals surface area contributed by atoms with E-state index in [4.69, 9.17) is 4.74 Å². The lowest BCUT2D eigenvalue weighted by molar-refractivity contribution is -0.141. The maximum absolute atomic E-state index is 13.3. The molecule has 1 fully saturated rings. The van der Waals surface area contributed by atoms with Crippen molar-refractivity contribution in [3.63, 3.8) is 0 Å². The number of carbonyl (C=O) groups is 2. The fourth-order valence-electron chi connectivity index (χ4n) is 4.51. The Morgan fingerprint density at radius 3 is 2.28 bits per heavy atom. The van der Waals surface area contributed by atoms with E-state index in [2.05, 4.69) is 5.32 Å². The van der Waals surface area contributed by atoms with E-state index in [-0.39, 0.29) is 30.8 Å². The second kappa shape index (κ2) is 12.8. The van der Waals surface area contributed by atoms with Crippen molar-refractivity contribution in [2.75, 3.05) is 24.2 Å². The second-order valence-corrected chi connectivity index (χ2v) is 11.2. The number of hydrogen-bond donors (Lipinski definition) is 1. The molecule has 0 saturated heterocycles. The Morgan fingerprint density at radius 2 is 1.69 bits per heavy atom. The van der Waals surface area contributed by atoms with Gasteiger partial charge in [0.05, 0.1) is 19.1 Å². The monoisotopic (exact) mass is 515 g/mol. The zero-order chi connectivity index (χ0) is 26.1. The molecule has 1 atom stereocenters. The Labute approximate surface area is 214 Å². The van der Waals surface area contributed by atoms with Crippen molar-refractivity contribution < 1.29 is 22.7 Å². The van der Waals surface area contributed by atoms with E-state index >= 15 is 0 Å².